The maximum atomic E-state index is 11.5. The lowest BCUT2D eigenvalue weighted by Crippen LogP contribution is -2.15. The molecule has 0 unspecified atom stereocenters. The van der Waals surface area contributed by atoms with E-state index in [1.165, 1.54) is 0 Å². The van der Waals surface area contributed by atoms with Crippen molar-refractivity contribution in [3.8, 4) is 23.0 Å². The van der Waals surface area contributed by atoms with Crippen LogP contribution < -0.4 is 9.47 Å². The Kier molecular flexibility index (Phi) is 3.24. The summed E-state index contributed by atoms with van der Waals surface area (Å²) in [5.74, 6) is 0.802. The van der Waals surface area contributed by atoms with Gasteiger partial charge in [0.1, 0.15) is 13.2 Å². The van der Waals surface area contributed by atoms with Crippen molar-refractivity contribution < 1.29 is 23.5 Å². The molecule has 0 N–H and O–H groups in total. The van der Waals surface area contributed by atoms with Crippen molar-refractivity contribution in [2.45, 2.75) is 6.92 Å². The van der Waals surface area contributed by atoms with Gasteiger partial charge >= 0.3 is 5.97 Å². The molecule has 1 aliphatic rings. The summed E-state index contributed by atoms with van der Waals surface area (Å²) in [4.78, 5) is 15.5. The number of carbonyl (C=O) groups excluding carboxylic acids is 1. The van der Waals surface area contributed by atoms with Crippen LogP contribution in [0.4, 0.5) is 0 Å². The second-order valence-electron chi connectivity index (χ2n) is 4.00. The maximum Gasteiger partial charge on any atom is 0.379 e. The standard InChI is InChI=1S/C13H12N2O5/c1-2-17-13(16)11-14-12(20-15-11)8-3-4-9-10(7-8)19-6-5-18-9/h3-4,7H,2,5-6H2,1H3. The van der Waals surface area contributed by atoms with Gasteiger partial charge in [0, 0.05) is 5.56 Å². The molecule has 104 valence electrons. The molecule has 0 amide bonds. The molecule has 2 heterocycles. The summed E-state index contributed by atoms with van der Waals surface area (Å²) < 4.78 is 20.7. The van der Waals surface area contributed by atoms with E-state index in [0.717, 1.165) is 0 Å². The van der Waals surface area contributed by atoms with E-state index in [2.05, 4.69) is 10.1 Å². The number of aromatic nitrogens is 2. The van der Waals surface area contributed by atoms with Gasteiger partial charge in [-0.05, 0) is 30.3 Å². The van der Waals surface area contributed by atoms with Crippen LogP contribution in [0.15, 0.2) is 22.7 Å². The molecule has 1 aromatic carbocycles. The van der Waals surface area contributed by atoms with Crippen molar-refractivity contribution in [3.63, 3.8) is 0 Å². The average molecular weight is 276 g/mol. The van der Waals surface area contributed by atoms with Crippen molar-refractivity contribution in [1.29, 1.82) is 0 Å². The van der Waals surface area contributed by atoms with Crippen LogP contribution >= 0.6 is 0 Å². The van der Waals surface area contributed by atoms with Crippen molar-refractivity contribution in [3.05, 3.63) is 24.0 Å². The Bertz CT molecular complexity index is 637. The summed E-state index contributed by atoms with van der Waals surface area (Å²) in [6.45, 7) is 2.99. The number of esters is 1. The molecule has 7 nitrogen and oxygen atoms in total. The zero-order valence-electron chi connectivity index (χ0n) is 10.8. The zero-order chi connectivity index (χ0) is 13.9. The summed E-state index contributed by atoms with van der Waals surface area (Å²) in [5.41, 5.74) is 0.650. The zero-order valence-corrected chi connectivity index (χ0v) is 10.8. The van der Waals surface area contributed by atoms with Crippen molar-refractivity contribution >= 4 is 5.97 Å². The second-order valence-corrected chi connectivity index (χ2v) is 4.00. The maximum absolute atomic E-state index is 11.5. The van der Waals surface area contributed by atoms with Gasteiger partial charge in [0.2, 0.25) is 0 Å². The third-order valence-electron chi connectivity index (χ3n) is 2.67. The topological polar surface area (TPSA) is 83.7 Å². The number of fused-ring (bicyclic) bond motifs is 1. The van der Waals surface area contributed by atoms with Gasteiger partial charge in [-0.1, -0.05) is 0 Å². The molecule has 0 aliphatic carbocycles. The SMILES string of the molecule is CCOC(=O)c1noc(-c2ccc3c(c2)OCCO3)n1. The smallest absolute Gasteiger partial charge is 0.379 e. The first kappa shape index (κ1) is 12.5. The predicted molar refractivity (Wildman–Crippen MR) is 66.7 cm³/mol. The van der Waals surface area contributed by atoms with Crippen LogP contribution in [0.5, 0.6) is 11.5 Å². The van der Waals surface area contributed by atoms with E-state index in [4.69, 9.17) is 18.7 Å². The quantitative estimate of drug-likeness (QED) is 0.788. The molecule has 0 radical (unpaired) electrons. The number of carbonyl (C=O) groups is 1. The highest BCUT2D eigenvalue weighted by molar-refractivity contribution is 5.85. The van der Waals surface area contributed by atoms with Crippen LogP contribution in [0.3, 0.4) is 0 Å². The normalized spacial score (nSPS) is 13.1. The van der Waals surface area contributed by atoms with Gasteiger partial charge in [-0.3, -0.25) is 0 Å². The van der Waals surface area contributed by atoms with Gasteiger partial charge in [0.05, 0.1) is 6.61 Å². The monoisotopic (exact) mass is 276 g/mol. The van der Waals surface area contributed by atoms with Crippen LogP contribution in [-0.4, -0.2) is 35.9 Å². The minimum atomic E-state index is -0.611. The number of ether oxygens (including phenoxy) is 3. The Labute approximate surface area is 114 Å². The van der Waals surface area contributed by atoms with E-state index in [-0.39, 0.29) is 18.3 Å². The predicted octanol–water partition coefficient (Wildman–Crippen LogP) is 1.68. The molecule has 1 aliphatic heterocycles. The molecule has 0 saturated heterocycles. The minimum Gasteiger partial charge on any atom is -0.486 e. The van der Waals surface area contributed by atoms with Crippen LogP contribution in [-0.2, 0) is 4.74 Å². The van der Waals surface area contributed by atoms with Crippen LogP contribution in [0.1, 0.15) is 17.5 Å². The summed E-state index contributed by atoms with van der Waals surface area (Å²) >= 11 is 0. The van der Waals surface area contributed by atoms with E-state index >= 15 is 0 Å². The molecule has 0 bridgehead atoms. The molecule has 0 fully saturated rings. The highest BCUT2D eigenvalue weighted by Gasteiger charge is 2.19. The molecular formula is C13H12N2O5. The van der Waals surface area contributed by atoms with Gasteiger partial charge < -0.3 is 18.7 Å². The lowest BCUT2D eigenvalue weighted by Gasteiger charge is -2.18. The first-order chi connectivity index (χ1) is 9.78. The number of hydrogen-bond donors (Lipinski definition) is 0. The lowest BCUT2D eigenvalue weighted by atomic mass is 10.2. The number of hydrogen-bond acceptors (Lipinski definition) is 7. The van der Waals surface area contributed by atoms with Gasteiger partial charge in [-0.2, -0.15) is 4.98 Å². The average Bonchev–Trinajstić information content (AvgIpc) is 2.97. The van der Waals surface area contributed by atoms with Gasteiger partial charge in [0.15, 0.2) is 11.5 Å². The summed E-state index contributed by atoms with van der Waals surface area (Å²) in [6.07, 6.45) is 0. The Morgan fingerprint density at radius 3 is 2.90 bits per heavy atom. The van der Waals surface area contributed by atoms with Gasteiger partial charge in [-0.25, -0.2) is 4.79 Å². The largest absolute Gasteiger partial charge is 0.486 e. The van der Waals surface area contributed by atoms with Crippen LogP contribution in [0, 0.1) is 0 Å². The number of rotatable bonds is 3. The molecule has 1 aromatic heterocycles. The Balaban J connectivity index is 1.87. The van der Waals surface area contributed by atoms with Crippen molar-refractivity contribution in [2.75, 3.05) is 19.8 Å². The van der Waals surface area contributed by atoms with Crippen molar-refractivity contribution in [1.82, 2.24) is 10.1 Å². The fourth-order valence-corrected chi connectivity index (χ4v) is 1.80. The highest BCUT2D eigenvalue weighted by atomic mass is 16.6. The molecule has 0 spiro atoms. The first-order valence-electron chi connectivity index (χ1n) is 6.19. The van der Waals surface area contributed by atoms with Gasteiger partial charge in [0.25, 0.3) is 11.7 Å². The minimum absolute atomic E-state index is 0.100. The van der Waals surface area contributed by atoms with E-state index < -0.39 is 5.97 Å². The molecule has 0 saturated carbocycles. The van der Waals surface area contributed by atoms with Crippen molar-refractivity contribution in [2.24, 2.45) is 0 Å². The summed E-state index contributed by atoms with van der Waals surface area (Å²) in [7, 11) is 0. The Morgan fingerprint density at radius 2 is 2.10 bits per heavy atom. The van der Waals surface area contributed by atoms with E-state index in [1.54, 1.807) is 25.1 Å². The fourth-order valence-electron chi connectivity index (χ4n) is 1.80. The molecule has 2 aromatic rings. The van der Waals surface area contributed by atoms with Crippen LogP contribution in [0.25, 0.3) is 11.5 Å². The summed E-state index contributed by atoms with van der Waals surface area (Å²) in [5, 5.41) is 3.59. The highest BCUT2D eigenvalue weighted by Crippen LogP contribution is 2.33. The number of benzene rings is 1. The molecule has 7 heteroatoms. The van der Waals surface area contributed by atoms with E-state index in [1.807, 2.05) is 0 Å². The third-order valence-corrected chi connectivity index (χ3v) is 2.67. The molecule has 0 atom stereocenters. The Morgan fingerprint density at radius 1 is 1.30 bits per heavy atom. The molecule has 20 heavy (non-hydrogen) atoms. The Hall–Kier alpha value is -2.57. The molecule has 3 rings (SSSR count). The number of nitrogens with zero attached hydrogens (tertiary/aromatic N) is 2. The van der Waals surface area contributed by atoms with E-state index in [9.17, 15) is 4.79 Å². The summed E-state index contributed by atoms with van der Waals surface area (Å²) in [6, 6.07) is 5.25. The van der Waals surface area contributed by atoms with Gasteiger partial charge in [-0.15, -0.1) is 0 Å². The van der Waals surface area contributed by atoms with Crippen LogP contribution in [0.2, 0.25) is 0 Å². The second kappa shape index (κ2) is 5.20. The molecular weight excluding hydrogens is 264 g/mol. The van der Waals surface area contributed by atoms with E-state index in [0.29, 0.717) is 30.3 Å². The fraction of sp³-hybridized carbons (Fsp3) is 0.308. The third kappa shape index (κ3) is 2.29. The first-order valence-corrected chi connectivity index (χ1v) is 6.19. The lowest BCUT2D eigenvalue weighted by molar-refractivity contribution is 0.0508.